The van der Waals surface area contributed by atoms with Gasteiger partial charge in [-0.3, -0.25) is 0 Å². The first kappa shape index (κ1) is 10.4. The van der Waals surface area contributed by atoms with Crippen molar-refractivity contribution in [3.63, 3.8) is 0 Å². The van der Waals surface area contributed by atoms with E-state index < -0.39 is 0 Å². The summed E-state index contributed by atoms with van der Waals surface area (Å²) in [4.78, 5) is 0. The summed E-state index contributed by atoms with van der Waals surface area (Å²) in [6.07, 6.45) is 4.14. The Hall–Kier alpha value is -0.160. The molecule has 8 N–H and O–H groups in total. The first-order chi connectivity index (χ1) is 6.58. The van der Waals surface area contributed by atoms with Crippen molar-refractivity contribution in [3.05, 3.63) is 0 Å². The second kappa shape index (κ2) is 3.77. The summed E-state index contributed by atoms with van der Waals surface area (Å²) in [6, 6.07) is 0.658. The molecule has 0 radical (unpaired) electrons. The summed E-state index contributed by atoms with van der Waals surface area (Å²) < 4.78 is 0. The SMILES string of the molecule is NC1CC2CC(N)C(N)CC2CC1N. The van der Waals surface area contributed by atoms with E-state index in [1.165, 1.54) is 0 Å². The number of rotatable bonds is 0. The third-order valence-corrected chi connectivity index (χ3v) is 4.07. The zero-order chi connectivity index (χ0) is 10.3. The fraction of sp³-hybridized carbons (Fsp3) is 1.00. The molecule has 0 heterocycles. The van der Waals surface area contributed by atoms with Crippen molar-refractivity contribution in [3.8, 4) is 0 Å². The molecule has 0 aromatic carbocycles. The molecule has 4 nitrogen and oxygen atoms in total. The van der Waals surface area contributed by atoms with E-state index in [4.69, 9.17) is 22.9 Å². The summed E-state index contributed by atoms with van der Waals surface area (Å²) in [5.74, 6) is 1.33. The molecule has 2 aliphatic carbocycles. The van der Waals surface area contributed by atoms with Gasteiger partial charge in [0.2, 0.25) is 0 Å². The molecule has 4 heteroatoms. The second-order valence-electron chi connectivity index (χ2n) is 5.12. The lowest BCUT2D eigenvalue weighted by Crippen LogP contribution is -2.56. The standard InChI is InChI=1S/C10H22N4/c11-7-1-5-2-9(13)10(14)4-6(5)3-8(7)12/h5-10H,1-4,11-14H2. The predicted molar refractivity (Wildman–Crippen MR) is 57.3 cm³/mol. The highest BCUT2D eigenvalue weighted by molar-refractivity contribution is 4.97. The third kappa shape index (κ3) is 1.80. The van der Waals surface area contributed by atoms with Gasteiger partial charge in [-0.15, -0.1) is 0 Å². The molecule has 0 aliphatic heterocycles. The quantitative estimate of drug-likeness (QED) is 0.405. The average Bonchev–Trinajstić information content (AvgIpc) is 2.11. The van der Waals surface area contributed by atoms with Gasteiger partial charge in [0, 0.05) is 24.2 Å². The van der Waals surface area contributed by atoms with Crippen LogP contribution in [0.15, 0.2) is 0 Å². The van der Waals surface area contributed by atoms with Crippen molar-refractivity contribution in [2.24, 2.45) is 34.8 Å². The van der Waals surface area contributed by atoms with Crippen LogP contribution in [-0.2, 0) is 0 Å². The van der Waals surface area contributed by atoms with Crippen LogP contribution in [0.4, 0.5) is 0 Å². The highest BCUT2D eigenvalue weighted by atomic mass is 14.8. The van der Waals surface area contributed by atoms with Crippen LogP contribution in [0.25, 0.3) is 0 Å². The Labute approximate surface area is 85.4 Å². The van der Waals surface area contributed by atoms with E-state index in [1.807, 2.05) is 0 Å². The van der Waals surface area contributed by atoms with Crippen LogP contribution in [0.2, 0.25) is 0 Å². The molecule has 2 rings (SSSR count). The van der Waals surface area contributed by atoms with Gasteiger partial charge >= 0.3 is 0 Å². The fourth-order valence-corrected chi connectivity index (χ4v) is 3.06. The van der Waals surface area contributed by atoms with E-state index in [2.05, 4.69) is 0 Å². The third-order valence-electron chi connectivity index (χ3n) is 4.07. The maximum Gasteiger partial charge on any atom is 0.0195 e. The normalized spacial score (nSPS) is 54.0. The van der Waals surface area contributed by atoms with E-state index in [1.54, 1.807) is 0 Å². The molecular formula is C10H22N4. The number of hydrogen-bond donors (Lipinski definition) is 4. The Morgan fingerprint density at radius 3 is 0.929 bits per heavy atom. The smallest absolute Gasteiger partial charge is 0.0195 e. The molecule has 4 unspecified atom stereocenters. The number of nitrogens with two attached hydrogens (primary N) is 4. The highest BCUT2D eigenvalue weighted by Crippen LogP contribution is 2.38. The van der Waals surface area contributed by atoms with Crippen molar-refractivity contribution in [1.29, 1.82) is 0 Å². The Morgan fingerprint density at radius 1 is 0.500 bits per heavy atom. The molecule has 0 amide bonds. The maximum atomic E-state index is 5.97. The van der Waals surface area contributed by atoms with E-state index in [9.17, 15) is 0 Å². The Morgan fingerprint density at radius 2 is 0.714 bits per heavy atom. The zero-order valence-electron chi connectivity index (χ0n) is 8.60. The van der Waals surface area contributed by atoms with Crippen LogP contribution in [0.1, 0.15) is 25.7 Å². The van der Waals surface area contributed by atoms with E-state index in [-0.39, 0.29) is 24.2 Å². The second-order valence-corrected chi connectivity index (χ2v) is 5.12. The van der Waals surface area contributed by atoms with Gasteiger partial charge in [-0.25, -0.2) is 0 Å². The minimum absolute atomic E-state index is 0.165. The molecule has 0 spiro atoms. The number of fused-ring (bicyclic) bond motifs is 1. The van der Waals surface area contributed by atoms with Gasteiger partial charge in [0.05, 0.1) is 0 Å². The van der Waals surface area contributed by atoms with Gasteiger partial charge in [0.1, 0.15) is 0 Å². The molecule has 2 saturated carbocycles. The first-order valence-electron chi connectivity index (χ1n) is 5.60. The highest BCUT2D eigenvalue weighted by Gasteiger charge is 2.39. The van der Waals surface area contributed by atoms with Crippen LogP contribution >= 0.6 is 0 Å². The van der Waals surface area contributed by atoms with Crippen molar-refractivity contribution >= 4 is 0 Å². The lowest BCUT2D eigenvalue weighted by molar-refractivity contribution is 0.117. The van der Waals surface area contributed by atoms with Gasteiger partial charge in [-0.1, -0.05) is 0 Å². The largest absolute Gasteiger partial charge is 0.326 e. The van der Waals surface area contributed by atoms with E-state index >= 15 is 0 Å². The molecule has 14 heavy (non-hydrogen) atoms. The van der Waals surface area contributed by atoms with Crippen LogP contribution in [0.5, 0.6) is 0 Å². The molecule has 0 aromatic heterocycles. The van der Waals surface area contributed by atoms with Gasteiger partial charge in [-0.2, -0.15) is 0 Å². The average molecular weight is 198 g/mol. The monoisotopic (exact) mass is 198 g/mol. The number of hydrogen-bond acceptors (Lipinski definition) is 4. The fourth-order valence-electron chi connectivity index (χ4n) is 3.06. The lowest BCUT2D eigenvalue weighted by Gasteiger charge is -2.45. The summed E-state index contributed by atoms with van der Waals surface area (Å²) in [6.45, 7) is 0. The van der Waals surface area contributed by atoms with Crippen molar-refractivity contribution in [2.45, 2.75) is 49.9 Å². The van der Waals surface area contributed by atoms with Crippen LogP contribution < -0.4 is 22.9 Å². The van der Waals surface area contributed by atoms with Crippen molar-refractivity contribution in [2.75, 3.05) is 0 Å². The molecule has 2 aliphatic rings. The molecular weight excluding hydrogens is 176 g/mol. The molecule has 0 saturated heterocycles. The topological polar surface area (TPSA) is 104 Å². The summed E-state index contributed by atoms with van der Waals surface area (Å²) in [5, 5.41) is 0. The molecule has 0 bridgehead atoms. The van der Waals surface area contributed by atoms with E-state index in [0.29, 0.717) is 11.8 Å². The predicted octanol–water partition coefficient (Wildman–Crippen LogP) is -0.884. The van der Waals surface area contributed by atoms with E-state index in [0.717, 1.165) is 25.7 Å². The van der Waals surface area contributed by atoms with Gasteiger partial charge < -0.3 is 22.9 Å². The Balaban J connectivity index is 2.01. The minimum Gasteiger partial charge on any atom is -0.326 e. The van der Waals surface area contributed by atoms with Gasteiger partial charge in [0.15, 0.2) is 0 Å². The van der Waals surface area contributed by atoms with Crippen LogP contribution in [-0.4, -0.2) is 24.2 Å². The maximum absolute atomic E-state index is 5.97. The van der Waals surface area contributed by atoms with Crippen LogP contribution in [0, 0.1) is 11.8 Å². The van der Waals surface area contributed by atoms with Gasteiger partial charge in [0.25, 0.3) is 0 Å². The van der Waals surface area contributed by atoms with Crippen LogP contribution in [0.3, 0.4) is 0 Å². The van der Waals surface area contributed by atoms with Gasteiger partial charge in [-0.05, 0) is 37.5 Å². The van der Waals surface area contributed by atoms with Crippen molar-refractivity contribution < 1.29 is 0 Å². The molecule has 0 aromatic rings. The first-order valence-corrected chi connectivity index (χ1v) is 5.60. The molecule has 4 atom stereocenters. The Kier molecular flexibility index (Phi) is 2.79. The molecule has 2 fully saturated rings. The zero-order valence-corrected chi connectivity index (χ0v) is 8.60. The summed E-state index contributed by atoms with van der Waals surface area (Å²) in [5.41, 5.74) is 23.9. The lowest BCUT2D eigenvalue weighted by atomic mass is 9.65. The summed E-state index contributed by atoms with van der Waals surface area (Å²) in [7, 11) is 0. The van der Waals surface area contributed by atoms with Crippen molar-refractivity contribution in [1.82, 2.24) is 0 Å². The Bertz CT molecular complexity index is 166. The summed E-state index contributed by atoms with van der Waals surface area (Å²) >= 11 is 0. The molecule has 82 valence electrons. The minimum atomic E-state index is 0.165.